The first-order valence-electron chi connectivity index (χ1n) is 9.17. The molecule has 1 aromatic heterocycles. The Bertz CT molecular complexity index is 1120. The van der Waals surface area contributed by atoms with Gasteiger partial charge in [-0.15, -0.1) is 0 Å². The number of amides is 2. The summed E-state index contributed by atoms with van der Waals surface area (Å²) >= 11 is 0. The standard InChI is InChI=1S/C21H17F3N4O2/c1-12-18(13-7-3-2-4-8-13)27-28-16(11-17(29)26-19(12)28)20(30)25-15-10-6-5-9-14(15)21(22,23)24/h2-10,16H,11H2,1H3,(H,25,30)(H,26,29)/t16-/m0/s1. The van der Waals surface area contributed by atoms with Crippen LogP contribution in [0.5, 0.6) is 0 Å². The van der Waals surface area contributed by atoms with E-state index in [9.17, 15) is 22.8 Å². The van der Waals surface area contributed by atoms with Crippen molar-refractivity contribution in [3.63, 3.8) is 0 Å². The summed E-state index contributed by atoms with van der Waals surface area (Å²) in [5, 5.41) is 9.51. The first-order chi connectivity index (χ1) is 14.3. The number of fused-ring (bicyclic) bond motifs is 1. The minimum absolute atomic E-state index is 0.234. The summed E-state index contributed by atoms with van der Waals surface area (Å²) in [5.41, 5.74) is 0.729. The second kappa shape index (κ2) is 7.33. The van der Waals surface area contributed by atoms with Crippen LogP contribution in [-0.4, -0.2) is 21.6 Å². The lowest BCUT2D eigenvalue weighted by molar-refractivity contribution is -0.137. The highest BCUT2D eigenvalue weighted by Gasteiger charge is 2.37. The van der Waals surface area contributed by atoms with Crippen molar-refractivity contribution >= 4 is 23.3 Å². The average molecular weight is 414 g/mol. The highest BCUT2D eigenvalue weighted by atomic mass is 19.4. The Morgan fingerprint density at radius 1 is 1.13 bits per heavy atom. The highest BCUT2D eigenvalue weighted by Crippen LogP contribution is 2.37. The van der Waals surface area contributed by atoms with E-state index in [1.165, 1.54) is 22.9 Å². The van der Waals surface area contributed by atoms with Crippen molar-refractivity contribution in [1.29, 1.82) is 0 Å². The van der Waals surface area contributed by atoms with Crippen molar-refractivity contribution in [1.82, 2.24) is 9.78 Å². The Labute approximate surface area is 169 Å². The Hall–Kier alpha value is -3.62. The lowest BCUT2D eigenvalue weighted by atomic mass is 10.1. The molecule has 2 N–H and O–H groups in total. The molecule has 2 amide bonds. The van der Waals surface area contributed by atoms with Crippen molar-refractivity contribution < 1.29 is 22.8 Å². The second-order valence-corrected chi connectivity index (χ2v) is 6.93. The maximum atomic E-state index is 13.3. The molecule has 0 radical (unpaired) electrons. The Morgan fingerprint density at radius 3 is 2.50 bits per heavy atom. The van der Waals surface area contributed by atoms with Crippen molar-refractivity contribution in [3.8, 4) is 11.3 Å². The fraction of sp³-hybridized carbons (Fsp3) is 0.190. The number of rotatable bonds is 3. The normalized spacial score (nSPS) is 16.0. The second-order valence-electron chi connectivity index (χ2n) is 6.93. The van der Waals surface area contributed by atoms with Gasteiger partial charge in [0, 0.05) is 11.1 Å². The first-order valence-corrected chi connectivity index (χ1v) is 9.17. The molecule has 154 valence electrons. The monoisotopic (exact) mass is 414 g/mol. The molecule has 30 heavy (non-hydrogen) atoms. The van der Waals surface area contributed by atoms with Crippen LogP contribution in [0.15, 0.2) is 54.6 Å². The number of benzene rings is 2. The Morgan fingerprint density at radius 2 is 1.80 bits per heavy atom. The number of carbonyl (C=O) groups is 2. The zero-order valence-electron chi connectivity index (χ0n) is 15.8. The van der Waals surface area contributed by atoms with Crippen molar-refractivity contribution in [2.45, 2.75) is 25.6 Å². The van der Waals surface area contributed by atoms with Crippen LogP contribution in [0.3, 0.4) is 0 Å². The molecule has 0 saturated heterocycles. The molecule has 9 heteroatoms. The summed E-state index contributed by atoms with van der Waals surface area (Å²) in [4.78, 5) is 25.1. The minimum atomic E-state index is -4.62. The molecule has 2 aromatic carbocycles. The van der Waals surface area contributed by atoms with Crippen molar-refractivity contribution in [3.05, 3.63) is 65.7 Å². The number of nitrogens with one attached hydrogen (secondary N) is 2. The number of alkyl halides is 3. The number of carbonyl (C=O) groups excluding carboxylic acids is 2. The summed E-state index contributed by atoms with van der Waals surface area (Å²) in [5.74, 6) is -0.798. The van der Waals surface area contributed by atoms with Gasteiger partial charge in [0.2, 0.25) is 11.8 Å². The quantitative estimate of drug-likeness (QED) is 0.667. The number of hydrogen-bond donors (Lipinski definition) is 2. The van der Waals surface area contributed by atoms with E-state index < -0.39 is 29.6 Å². The predicted molar refractivity (Wildman–Crippen MR) is 105 cm³/mol. The van der Waals surface area contributed by atoms with Gasteiger partial charge >= 0.3 is 6.18 Å². The largest absolute Gasteiger partial charge is 0.418 e. The maximum Gasteiger partial charge on any atom is 0.418 e. The smallest absolute Gasteiger partial charge is 0.324 e. The van der Waals surface area contributed by atoms with Gasteiger partial charge < -0.3 is 10.6 Å². The SMILES string of the molecule is Cc1c(-c2ccccc2)nn2c1NC(=O)C[C@H]2C(=O)Nc1ccccc1C(F)(F)F. The molecule has 3 aromatic rings. The molecule has 1 atom stereocenters. The van der Waals surface area contributed by atoms with Gasteiger partial charge in [-0.3, -0.25) is 9.59 Å². The number of aromatic nitrogens is 2. The third-order valence-corrected chi connectivity index (χ3v) is 4.92. The molecule has 0 unspecified atom stereocenters. The van der Waals surface area contributed by atoms with Gasteiger partial charge in [-0.2, -0.15) is 18.3 Å². The number of para-hydroxylation sites is 1. The van der Waals surface area contributed by atoms with E-state index in [1.807, 2.05) is 30.3 Å². The fourth-order valence-electron chi connectivity index (χ4n) is 3.47. The number of nitrogens with zero attached hydrogens (tertiary/aromatic N) is 2. The van der Waals surface area contributed by atoms with Crippen LogP contribution in [0.2, 0.25) is 0 Å². The van der Waals surface area contributed by atoms with Crippen LogP contribution in [-0.2, 0) is 15.8 Å². The van der Waals surface area contributed by atoms with E-state index in [0.717, 1.165) is 11.6 Å². The Kier molecular flexibility index (Phi) is 4.81. The van der Waals surface area contributed by atoms with Gasteiger partial charge in [-0.25, -0.2) is 4.68 Å². The molecule has 0 spiro atoms. The van der Waals surface area contributed by atoms with Crippen LogP contribution in [0, 0.1) is 6.92 Å². The predicted octanol–water partition coefficient (Wildman–Crippen LogP) is 4.40. The molecule has 0 bridgehead atoms. The van der Waals surface area contributed by atoms with Crippen molar-refractivity contribution in [2.24, 2.45) is 0 Å². The molecule has 1 aliphatic rings. The van der Waals surface area contributed by atoms with E-state index in [1.54, 1.807) is 6.92 Å². The third-order valence-electron chi connectivity index (χ3n) is 4.92. The summed E-state index contributed by atoms with van der Waals surface area (Å²) in [6.45, 7) is 1.76. The lowest BCUT2D eigenvalue weighted by Gasteiger charge is -2.24. The van der Waals surface area contributed by atoms with Crippen LogP contribution >= 0.6 is 0 Å². The van der Waals surface area contributed by atoms with E-state index >= 15 is 0 Å². The number of anilines is 2. The van der Waals surface area contributed by atoms with Gasteiger partial charge in [-0.1, -0.05) is 42.5 Å². The van der Waals surface area contributed by atoms with E-state index in [-0.39, 0.29) is 12.1 Å². The average Bonchev–Trinajstić information content (AvgIpc) is 3.04. The molecule has 0 saturated carbocycles. The highest BCUT2D eigenvalue weighted by molar-refractivity contribution is 6.02. The van der Waals surface area contributed by atoms with Crippen LogP contribution < -0.4 is 10.6 Å². The van der Waals surface area contributed by atoms with Crippen LogP contribution in [0.25, 0.3) is 11.3 Å². The molecule has 0 aliphatic carbocycles. The zero-order chi connectivity index (χ0) is 21.5. The summed E-state index contributed by atoms with van der Waals surface area (Å²) in [7, 11) is 0. The molecular weight excluding hydrogens is 397 g/mol. The molecule has 2 heterocycles. The van der Waals surface area contributed by atoms with Gasteiger partial charge in [0.25, 0.3) is 0 Å². The number of halogens is 3. The van der Waals surface area contributed by atoms with Crippen LogP contribution in [0.4, 0.5) is 24.7 Å². The fourth-order valence-corrected chi connectivity index (χ4v) is 3.47. The van der Waals surface area contributed by atoms with E-state index in [0.29, 0.717) is 17.1 Å². The van der Waals surface area contributed by atoms with Crippen molar-refractivity contribution in [2.75, 3.05) is 10.6 Å². The van der Waals surface area contributed by atoms with Gasteiger partial charge in [0.05, 0.1) is 23.4 Å². The summed E-state index contributed by atoms with van der Waals surface area (Å²) in [6, 6.07) is 12.8. The van der Waals surface area contributed by atoms with E-state index in [4.69, 9.17) is 0 Å². The summed E-state index contributed by atoms with van der Waals surface area (Å²) < 4.78 is 41.1. The first kappa shape index (κ1) is 19.7. The molecule has 0 fully saturated rings. The van der Waals surface area contributed by atoms with Gasteiger partial charge in [0.15, 0.2) is 0 Å². The van der Waals surface area contributed by atoms with Crippen LogP contribution in [0.1, 0.15) is 23.6 Å². The minimum Gasteiger partial charge on any atom is -0.324 e. The molecule has 6 nitrogen and oxygen atoms in total. The van der Waals surface area contributed by atoms with Gasteiger partial charge in [0.1, 0.15) is 11.9 Å². The topological polar surface area (TPSA) is 76.0 Å². The van der Waals surface area contributed by atoms with Gasteiger partial charge in [-0.05, 0) is 19.1 Å². The van der Waals surface area contributed by atoms with E-state index in [2.05, 4.69) is 15.7 Å². The molecule has 4 rings (SSSR count). The lowest BCUT2D eigenvalue weighted by Crippen LogP contribution is -2.36. The molecular formula is C21H17F3N4O2. The Balaban J connectivity index is 1.71. The third kappa shape index (κ3) is 3.54. The molecule has 1 aliphatic heterocycles. The summed E-state index contributed by atoms with van der Waals surface area (Å²) in [6.07, 6.45) is -4.86. The maximum absolute atomic E-state index is 13.3. The number of hydrogen-bond acceptors (Lipinski definition) is 3. The zero-order valence-corrected chi connectivity index (χ0v) is 15.8.